The molecule has 0 saturated carbocycles. The van der Waals surface area contributed by atoms with Gasteiger partial charge >= 0.3 is 0 Å². The van der Waals surface area contributed by atoms with Gasteiger partial charge in [0, 0.05) is 0 Å². The van der Waals surface area contributed by atoms with Gasteiger partial charge in [0.15, 0.2) is 5.75 Å². The van der Waals surface area contributed by atoms with Crippen LogP contribution in [0.2, 0.25) is 0 Å². The summed E-state index contributed by atoms with van der Waals surface area (Å²) in [6, 6.07) is 16.5. The highest BCUT2D eigenvalue weighted by atomic mass is 16.7. The molecule has 0 fully saturated rings. The van der Waals surface area contributed by atoms with Crippen LogP contribution in [-0.2, 0) is 0 Å². The average molecular weight is 226 g/mol. The zero-order valence-corrected chi connectivity index (χ0v) is 8.96. The van der Waals surface area contributed by atoms with Gasteiger partial charge in [-0.05, 0) is 24.3 Å². The van der Waals surface area contributed by atoms with Crippen LogP contribution in [0, 0.1) is 0 Å². The number of anilines is 1. The molecule has 0 bridgehead atoms. The summed E-state index contributed by atoms with van der Waals surface area (Å²) in [5, 5.41) is 1.37. The third-order valence-electron chi connectivity index (χ3n) is 2.52. The minimum Gasteiger partial charge on any atom is -0.358 e. The minimum absolute atomic E-state index is 0.171. The van der Waals surface area contributed by atoms with Gasteiger partial charge in [0.1, 0.15) is 0 Å². The number of para-hydroxylation sites is 2. The number of hydrogen-bond acceptors (Lipinski definition) is 3. The molecule has 84 valence electrons. The number of nitrogens with zero attached hydrogens (tertiary/aromatic N) is 1. The van der Waals surface area contributed by atoms with Crippen LogP contribution in [-0.4, -0.2) is 5.91 Å². The Labute approximate surface area is 98.4 Å². The number of amides is 1. The maximum absolute atomic E-state index is 11.8. The molecule has 4 nitrogen and oxygen atoms in total. The van der Waals surface area contributed by atoms with Gasteiger partial charge in [0.05, 0.1) is 11.3 Å². The third-order valence-corrected chi connectivity index (χ3v) is 2.52. The lowest BCUT2D eigenvalue weighted by molar-refractivity contribution is 0.0849. The van der Waals surface area contributed by atoms with Gasteiger partial charge in [-0.2, -0.15) is 0 Å². The van der Waals surface area contributed by atoms with E-state index in [4.69, 9.17) is 4.84 Å². The summed E-state index contributed by atoms with van der Waals surface area (Å²) in [6.07, 6.45) is 0. The Morgan fingerprint density at radius 2 is 1.65 bits per heavy atom. The van der Waals surface area contributed by atoms with E-state index in [2.05, 4.69) is 5.43 Å². The second-order valence-electron chi connectivity index (χ2n) is 3.66. The van der Waals surface area contributed by atoms with Crippen molar-refractivity contribution in [3.8, 4) is 5.75 Å². The first-order valence-corrected chi connectivity index (χ1v) is 5.28. The number of nitrogens with one attached hydrogen (secondary N) is 1. The van der Waals surface area contributed by atoms with Gasteiger partial charge in [0.2, 0.25) is 0 Å². The molecule has 2 aromatic carbocycles. The lowest BCUT2D eigenvalue weighted by Gasteiger charge is -2.29. The first-order valence-electron chi connectivity index (χ1n) is 5.28. The predicted octanol–water partition coefficient (Wildman–Crippen LogP) is 2.15. The van der Waals surface area contributed by atoms with E-state index in [1.54, 1.807) is 18.2 Å². The molecule has 1 amide bonds. The summed E-state index contributed by atoms with van der Waals surface area (Å²) in [5.74, 6) is 0.385. The normalized spacial score (nSPS) is 13.6. The summed E-state index contributed by atoms with van der Waals surface area (Å²) >= 11 is 0. The highest BCUT2D eigenvalue weighted by molar-refractivity contribution is 5.98. The molecular formula is C13H10N2O2. The number of hydrogen-bond donors (Lipinski definition) is 1. The molecule has 1 aliphatic heterocycles. The fraction of sp³-hybridized carbons (Fsp3) is 0. The number of fused-ring (bicyclic) bond motifs is 1. The Morgan fingerprint density at radius 3 is 2.47 bits per heavy atom. The van der Waals surface area contributed by atoms with E-state index in [9.17, 15) is 4.79 Å². The van der Waals surface area contributed by atoms with Crippen molar-refractivity contribution in [1.82, 2.24) is 5.43 Å². The lowest BCUT2D eigenvalue weighted by Crippen LogP contribution is -2.48. The number of benzene rings is 2. The molecule has 0 saturated heterocycles. The van der Waals surface area contributed by atoms with Gasteiger partial charge in [-0.3, -0.25) is 4.79 Å². The fourth-order valence-corrected chi connectivity index (χ4v) is 1.69. The van der Waals surface area contributed by atoms with Gasteiger partial charge in [-0.1, -0.05) is 30.3 Å². The molecule has 0 atom stereocenters. The molecule has 17 heavy (non-hydrogen) atoms. The van der Waals surface area contributed by atoms with Crippen molar-refractivity contribution in [3.05, 3.63) is 60.2 Å². The maximum Gasteiger partial charge on any atom is 0.276 e. The van der Waals surface area contributed by atoms with E-state index < -0.39 is 0 Å². The van der Waals surface area contributed by atoms with Crippen molar-refractivity contribution >= 4 is 11.6 Å². The van der Waals surface area contributed by atoms with Crippen molar-refractivity contribution in [2.45, 2.75) is 0 Å². The molecule has 0 spiro atoms. The number of rotatable bonds is 1. The van der Waals surface area contributed by atoms with Crippen molar-refractivity contribution in [2.24, 2.45) is 0 Å². The van der Waals surface area contributed by atoms with Crippen LogP contribution in [0.4, 0.5) is 5.69 Å². The summed E-state index contributed by atoms with van der Waals surface area (Å²) in [4.78, 5) is 17.4. The zero-order valence-electron chi connectivity index (χ0n) is 8.96. The van der Waals surface area contributed by atoms with E-state index in [0.717, 1.165) is 5.69 Å². The molecule has 1 N–H and O–H groups in total. The Kier molecular flexibility index (Phi) is 2.19. The van der Waals surface area contributed by atoms with Gasteiger partial charge in [-0.25, -0.2) is 5.43 Å². The van der Waals surface area contributed by atoms with Gasteiger partial charge < -0.3 is 4.84 Å². The van der Waals surface area contributed by atoms with Crippen LogP contribution in [0.5, 0.6) is 5.75 Å². The molecule has 0 unspecified atom stereocenters. The topological polar surface area (TPSA) is 41.6 Å². The van der Waals surface area contributed by atoms with E-state index in [1.165, 1.54) is 5.17 Å². The Hall–Kier alpha value is -2.49. The van der Waals surface area contributed by atoms with E-state index in [0.29, 0.717) is 11.3 Å². The zero-order chi connectivity index (χ0) is 11.7. The average Bonchev–Trinajstić information content (AvgIpc) is 2.40. The van der Waals surface area contributed by atoms with Crippen LogP contribution < -0.4 is 15.4 Å². The second kappa shape index (κ2) is 3.83. The monoisotopic (exact) mass is 226 g/mol. The Bertz CT molecular complexity index is 554. The van der Waals surface area contributed by atoms with Crippen molar-refractivity contribution in [3.63, 3.8) is 0 Å². The summed E-state index contributed by atoms with van der Waals surface area (Å²) < 4.78 is 0. The van der Waals surface area contributed by atoms with Crippen molar-refractivity contribution in [2.75, 3.05) is 5.17 Å². The van der Waals surface area contributed by atoms with Crippen LogP contribution >= 0.6 is 0 Å². The molecular weight excluding hydrogens is 216 g/mol. The van der Waals surface area contributed by atoms with E-state index >= 15 is 0 Å². The quantitative estimate of drug-likeness (QED) is 0.810. The molecule has 0 radical (unpaired) electrons. The van der Waals surface area contributed by atoms with Crippen LogP contribution in [0.25, 0.3) is 0 Å². The van der Waals surface area contributed by atoms with Gasteiger partial charge in [0.25, 0.3) is 5.91 Å². The summed E-state index contributed by atoms with van der Waals surface area (Å²) in [6.45, 7) is 0. The van der Waals surface area contributed by atoms with Crippen LogP contribution in [0.1, 0.15) is 10.4 Å². The first-order chi connectivity index (χ1) is 8.34. The molecule has 0 aromatic heterocycles. The number of carbonyl (C=O) groups excluding carboxylic acids is 1. The Balaban J connectivity index is 1.97. The Morgan fingerprint density at radius 1 is 0.941 bits per heavy atom. The summed E-state index contributed by atoms with van der Waals surface area (Å²) in [5.41, 5.74) is 3.98. The molecule has 1 heterocycles. The number of hydrazine groups is 1. The lowest BCUT2D eigenvalue weighted by atomic mass is 10.2. The molecule has 4 heteroatoms. The SMILES string of the molecule is O=C1NN(c2ccccc2)Oc2ccccc21. The highest BCUT2D eigenvalue weighted by Crippen LogP contribution is 2.24. The van der Waals surface area contributed by atoms with E-state index in [1.807, 2.05) is 36.4 Å². The smallest absolute Gasteiger partial charge is 0.276 e. The van der Waals surface area contributed by atoms with Crippen molar-refractivity contribution in [1.29, 1.82) is 0 Å². The van der Waals surface area contributed by atoms with Gasteiger partial charge in [-0.15, -0.1) is 5.17 Å². The maximum atomic E-state index is 11.8. The third kappa shape index (κ3) is 1.69. The predicted molar refractivity (Wildman–Crippen MR) is 63.5 cm³/mol. The summed E-state index contributed by atoms with van der Waals surface area (Å²) in [7, 11) is 0. The van der Waals surface area contributed by atoms with Crippen LogP contribution in [0.3, 0.4) is 0 Å². The first kappa shape index (κ1) is 9.72. The minimum atomic E-state index is -0.171. The molecule has 0 aliphatic carbocycles. The van der Waals surface area contributed by atoms with Crippen molar-refractivity contribution < 1.29 is 9.63 Å². The molecule has 2 aromatic rings. The standard InChI is InChI=1S/C13H10N2O2/c16-13-11-8-4-5-9-12(11)17-15(14-13)10-6-2-1-3-7-10/h1-9H,(H,14,16). The largest absolute Gasteiger partial charge is 0.358 e. The second-order valence-corrected chi connectivity index (χ2v) is 3.66. The molecule has 1 aliphatic rings. The van der Waals surface area contributed by atoms with Crippen LogP contribution in [0.15, 0.2) is 54.6 Å². The highest BCUT2D eigenvalue weighted by Gasteiger charge is 2.23. The van der Waals surface area contributed by atoms with E-state index in [-0.39, 0.29) is 5.91 Å². The molecule has 3 rings (SSSR count). The number of carbonyl (C=O) groups is 1. The fourth-order valence-electron chi connectivity index (χ4n) is 1.69.